The number of morpholine rings is 1. The molecule has 2 aromatic carbocycles. The molecule has 0 radical (unpaired) electrons. The normalized spacial score (nSPS) is 18.5. The van der Waals surface area contributed by atoms with E-state index in [0.717, 1.165) is 28.6 Å². The van der Waals surface area contributed by atoms with Crippen LogP contribution < -0.4 is 4.74 Å². The second kappa shape index (κ2) is 11.9. The van der Waals surface area contributed by atoms with E-state index in [-0.39, 0.29) is 11.8 Å². The molecule has 0 aromatic heterocycles. The number of amides is 2. The van der Waals surface area contributed by atoms with E-state index in [1.54, 1.807) is 24.1 Å². The molecule has 184 valence electrons. The molecule has 0 spiro atoms. The van der Waals surface area contributed by atoms with Crippen LogP contribution in [0.15, 0.2) is 56.8 Å². The summed E-state index contributed by atoms with van der Waals surface area (Å²) in [6, 6.07) is 13.0. The predicted molar refractivity (Wildman–Crippen MR) is 143 cm³/mol. The van der Waals surface area contributed by atoms with Crippen LogP contribution in [0.25, 0.3) is 6.08 Å². The fourth-order valence-corrected chi connectivity index (χ4v) is 5.12. The molecular weight excluding hydrogens is 530 g/mol. The number of benzene rings is 2. The average Bonchev–Trinajstić information content (AvgIpc) is 3.13. The minimum atomic E-state index is -0.117. The molecule has 2 heterocycles. The molecule has 35 heavy (non-hydrogen) atoms. The smallest absolute Gasteiger partial charge is 0.266 e. The Kier molecular flexibility index (Phi) is 8.64. The molecule has 0 aliphatic carbocycles. The number of ether oxygens (including phenoxy) is 2. The van der Waals surface area contributed by atoms with E-state index in [2.05, 4.69) is 27.8 Å². The van der Waals surface area contributed by atoms with Crippen molar-refractivity contribution in [3.8, 4) is 5.75 Å². The van der Waals surface area contributed by atoms with Gasteiger partial charge in [0.25, 0.3) is 11.8 Å². The number of aliphatic imine (C=N–C) groups is 1. The van der Waals surface area contributed by atoms with Gasteiger partial charge in [-0.25, -0.2) is 4.99 Å². The molecule has 9 heteroatoms. The number of carbonyl (C=O) groups excluding carboxylic acids is 2. The highest BCUT2D eigenvalue weighted by Crippen LogP contribution is 2.34. The van der Waals surface area contributed by atoms with E-state index in [1.165, 1.54) is 16.7 Å². The fourth-order valence-electron chi connectivity index (χ4n) is 3.62. The maximum Gasteiger partial charge on any atom is 0.266 e. The molecule has 0 atom stereocenters. The van der Waals surface area contributed by atoms with Crippen LogP contribution in [-0.4, -0.2) is 66.7 Å². The van der Waals surface area contributed by atoms with Crippen LogP contribution >= 0.6 is 27.7 Å². The zero-order valence-electron chi connectivity index (χ0n) is 19.8. The number of likely N-dealkylation sites (N-methyl/N-ethyl adjacent to an activating group) is 1. The number of thioether (sulfide) groups is 1. The molecule has 2 aliphatic rings. The maximum absolute atomic E-state index is 12.9. The Hall–Kier alpha value is -2.62. The Labute approximate surface area is 218 Å². The highest BCUT2D eigenvalue weighted by molar-refractivity contribution is 9.10. The van der Waals surface area contributed by atoms with Gasteiger partial charge in [0, 0.05) is 25.7 Å². The first-order chi connectivity index (χ1) is 17.0. The number of nitrogens with zero attached hydrogens (tertiary/aromatic N) is 3. The third-order valence-electron chi connectivity index (χ3n) is 5.63. The van der Waals surface area contributed by atoms with E-state index in [9.17, 15) is 9.59 Å². The number of rotatable bonds is 7. The first-order valence-electron chi connectivity index (χ1n) is 11.6. The zero-order chi connectivity index (χ0) is 24.8. The molecule has 0 N–H and O–H groups in total. The third-order valence-corrected chi connectivity index (χ3v) is 7.31. The average molecular weight is 558 g/mol. The summed E-state index contributed by atoms with van der Waals surface area (Å²) in [5, 5.41) is 0.566. The number of unbranched alkanes of at least 4 members (excludes halogenated alkanes) is 1. The van der Waals surface area contributed by atoms with Crippen molar-refractivity contribution in [1.82, 2.24) is 9.80 Å². The molecule has 0 saturated carbocycles. The second-order valence-corrected chi connectivity index (χ2v) is 10.1. The predicted octanol–water partition coefficient (Wildman–Crippen LogP) is 5.33. The van der Waals surface area contributed by atoms with Gasteiger partial charge in [0.05, 0.1) is 34.9 Å². The van der Waals surface area contributed by atoms with Crippen molar-refractivity contribution in [2.75, 3.05) is 40.0 Å². The van der Waals surface area contributed by atoms with Gasteiger partial charge in [-0.15, -0.1) is 0 Å². The van der Waals surface area contributed by atoms with Crippen molar-refractivity contribution in [1.29, 1.82) is 0 Å². The Morgan fingerprint density at radius 2 is 2.03 bits per heavy atom. The Balaban J connectivity index is 1.49. The van der Waals surface area contributed by atoms with Crippen LogP contribution in [-0.2, 0) is 9.53 Å². The lowest BCUT2D eigenvalue weighted by Gasteiger charge is -2.26. The van der Waals surface area contributed by atoms with Gasteiger partial charge in [-0.2, -0.15) is 0 Å². The Morgan fingerprint density at radius 3 is 2.77 bits per heavy atom. The molecule has 0 bridgehead atoms. The molecule has 2 saturated heterocycles. The molecule has 2 fully saturated rings. The van der Waals surface area contributed by atoms with E-state index < -0.39 is 0 Å². The standard InChI is InChI=1S/C26H28BrN3O4S/c1-3-4-12-34-22-9-8-18(15-21(22)27)16-23-25(32)29(2)26(35-23)28-20-7-5-6-19(17-20)24(31)30-10-13-33-14-11-30/h5-9,15-17H,3-4,10-14H2,1-2H3/b23-16+,28-26?. The van der Waals surface area contributed by atoms with E-state index >= 15 is 0 Å². The van der Waals surface area contributed by atoms with Crippen LogP contribution in [0.2, 0.25) is 0 Å². The molecule has 0 unspecified atom stereocenters. The zero-order valence-corrected chi connectivity index (χ0v) is 22.2. The van der Waals surface area contributed by atoms with Crippen molar-refractivity contribution >= 4 is 56.4 Å². The van der Waals surface area contributed by atoms with Gasteiger partial charge in [-0.05, 0) is 76.1 Å². The van der Waals surface area contributed by atoms with Crippen molar-refractivity contribution < 1.29 is 19.1 Å². The Morgan fingerprint density at radius 1 is 1.23 bits per heavy atom. The summed E-state index contributed by atoms with van der Waals surface area (Å²) in [6.07, 6.45) is 3.93. The summed E-state index contributed by atoms with van der Waals surface area (Å²) >= 11 is 4.88. The first-order valence-corrected chi connectivity index (χ1v) is 13.2. The van der Waals surface area contributed by atoms with E-state index in [1.807, 2.05) is 36.4 Å². The van der Waals surface area contributed by atoms with Gasteiger partial charge >= 0.3 is 0 Å². The molecule has 2 aliphatic heterocycles. The molecule has 7 nitrogen and oxygen atoms in total. The highest BCUT2D eigenvalue weighted by Gasteiger charge is 2.30. The van der Waals surface area contributed by atoms with Crippen LogP contribution in [0.3, 0.4) is 0 Å². The number of hydrogen-bond donors (Lipinski definition) is 0. The SMILES string of the molecule is CCCCOc1ccc(/C=C2/SC(=Nc3cccc(C(=O)N4CCOCC4)c3)N(C)C2=O)cc1Br. The van der Waals surface area contributed by atoms with Crippen LogP contribution in [0.5, 0.6) is 5.75 Å². The molecule has 2 aromatic rings. The van der Waals surface area contributed by atoms with Gasteiger partial charge in [-0.1, -0.05) is 25.5 Å². The van der Waals surface area contributed by atoms with Crippen molar-refractivity contribution in [3.63, 3.8) is 0 Å². The fraction of sp³-hybridized carbons (Fsp3) is 0.346. The van der Waals surface area contributed by atoms with Crippen molar-refractivity contribution in [2.24, 2.45) is 4.99 Å². The van der Waals surface area contributed by atoms with Crippen LogP contribution in [0.1, 0.15) is 35.7 Å². The maximum atomic E-state index is 12.9. The summed E-state index contributed by atoms with van der Waals surface area (Å²) in [7, 11) is 1.71. The molecule has 2 amide bonds. The number of halogens is 1. The van der Waals surface area contributed by atoms with Gasteiger partial charge in [0.15, 0.2) is 5.17 Å². The van der Waals surface area contributed by atoms with Crippen LogP contribution in [0.4, 0.5) is 5.69 Å². The quantitative estimate of drug-likeness (QED) is 0.339. The van der Waals surface area contributed by atoms with E-state index in [4.69, 9.17) is 9.47 Å². The van der Waals surface area contributed by atoms with E-state index in [0.29, 0.717) is 54.2 Å². The summed E-state index contributed by atoms with van der Waals surface area (Å²) in [4.78, 5) is 34.2. The summed E-state index contributed by atoms with van der Waals surface area (Å²) < 4.78 is 12.0. The minimum absolute atomic E-state index is 0.0351. The lowest BCUT2D eigenvalue weighted by molar-refractivity contribution is -0.121. The number of hydrogen-bond acceptors (Lipinski definition) is 6. The number of amidine groups is 1. The van der Waals surface area contributed by atoms with Crippen molar-refractivity contribution in [2.45, 2.75) is 19.8 Å². The second-order valence-electron chi connectivity index (χ2n) is 8.22. The first kappa shape index (κ1) is 25.5. The lowest BCUT2D eigenvalue weighted by atomic mass is 10.1. The van der Waals surface area contributed by atoms with Crippen LogP contribution in [0, 0.1) is 0 Å². The van der Waals surface area contributed by atoms with Gasteiger partial charge in [0.2, 0.25) is 0 Å². The monoisotopic (exact) mass is 557 g/mol. The van der Waals surface area contributed by atoms with Gasteiger partial charge in [0.1, 0.15) is 5.75 Å². The summed E-state index contributed by atoms with van der Waals surface area (Å²) in [5.41, 5.74) is 2.10. The largest absolute Gasteiger partial charge is 0.492 e. The summed E-state index contributed by atoms with van der Waals surface area (Å²) in [6.45, 7) is 5.07. The topological polar surface area (TPSA) is 71.4 Å². The molecule has 4 rings (SSSR count). The lowest BCUT2D eigenvalue weighted by Crippen LogP contribution is -2.40. The third kappa shape index (κ3) is 6.34. The summed E-state index contributed by atoms with van der Waals surface area (Å²) in [5.74, 6) is 0.637. The van der Waals surface area contributed by atoms with Crippen molar-refractivity contribution in [3.05, 3.63) is 63.0 Å². The van der Waals surface area contributed by atoms with Gasteiger partial charge in [-0.3, -0.25) is 14.5 Å². The minimum Gasteiger partial charge on any atom is -0.492 e. The Bertz CT molecular complexity index is 1160. The number of carbonyl (C=O) groups is 2. The molecular formula is C26H28BrN3O4S. The van der Waals surface area contributed by atoms with Gasteiger partial charge < -0.3 is 14.4 Å². The highest BCUT2D eigenvalue weighted by atomic mass is 79.9.